The third kappa shape index (κ3) is 7.66. The van der Waals surface area contributed by atoms with Crippen molar-refractivity contribution in [3.05, 3.63) is 132 Å². The Kier molecular flexibility index (Phi) is 9.28. The van der Waals surface area contributed by atoms with Crippen molar-refractivity contribution in [1.82, 2.24) is 41.0 Å². The molecule has 18 nitrogen and oxygen atoms in total. The Labute approximate surface area is 334 Å². The highest BCUT2D eigenvalue weighted by Crippen LogP contribution is 2.52. The molecule has 0 radical (unpaired) electrons. The van der Waals surface area contributed by atoms with Gasteiger partial charge in [0, 0.05) is 30.5 Å². The lowest BCUT2D eigenvalue weighted by Crippen LogP contribution is -2.49. The number of carbonyl (C=O) groups is 4. The summed E-state index contributed by atoms with van der Waals surface area (Å²) in [4.78, 5) is 61.0. The number of pyridine rings is 2. The third-order valence-electron chi connectivity index (χ3n) is 9.56. The van der Waals surface area contributed by atoms with Crippen molar-refractivity contribution in [2.45, 2.75) is 36.8 Å². The van der Waals surface area contributed by atoms with Crippen molar-refractivity contribution in [3.8, 4) is 11.5 Å². The number of hydrogen-bond donors (Lipinski definition) is 2. The number of ether oxygens (including phenoxy) is 2. The highest BCUT2D eigenvalue weighted by Gasteiger charge is 2.51. The molecule has 2 N–H and O–H groups in total. The number of nitrogens with zero attached hydrogens (tertiary/aromatic N) is 8. The molecule has 0 saturated heterocycles. The molecule has 18 heteroatoms. The summed E-state index contributed by atoms with van der Waals surface area (Å²) in [5, 5.41) is 20.6. The van der Waals surface area contributed by atoms with Gasteiger partial charge in [-0.3, -0.25) is 29.0 Å². The molecule has 9 rings (SSSR count). The minimum absolute atomic E-state index is 0.0292. The van der Waals surface area contributed by atoms with Crippen LogP contribution in [0.25, 0.3) is 0 Å². The summed E-state index contributed by atoms with van der Waals surface area (Å²) in [6.45, 7) is -3.15. The van der Waals surface area contributed by atoms with E-state index in [0.717, 1.165) is 24.0 Å². The summed E-state index contributed by atoms with van der Waals surface area (Å²) in [6, 6.07) is 23.5. The van der Waals surface area contributed by atoms with Gasteiger partial charge in [-0.2, -0.15) is 0 Å². The van der Waals surface area contributed by atoms with Crippen LogP contribution in [-0.4, -0.2) is 93.3 Å². The predicted octanol–water partition coefficient (Wildman–Crippen LogP) is 2.91. The van der Waals surface area contributed by atoms with Gasteiger partial charge in [0.1, 0.15) is 25.3 Å². The molecule has 0 unspecified atom stereocenters. The zero-order valence-corrected chi connectivity index (χ0v) is 30.8. The first kappa shape index (κ1) is 33.8. The molecular formula is C40H36N10O8. The lowest BCUT2D eigenvalue weighted by molar-refractivity contribution is -0.121. The molecular weight excluding hydrogens is 749 g/mol. The van der Waals surface area contributed by atoms with Gasteiger partial charge in [0.05, 0.1) is 11.8 Å². The Balaban J connectivity index is 0.000000171. The van der Waals surface area contributed by atoms with Gasteiger partial charge >= 0.3 is 23.6 Å². The van der Waals surface area contributed by atoms with Crippen molar-refractivity contribution >= 4 is 35.3 Å². The maximum Gasteiger partial charge on any atom is 0.309 e. The molecule has 1 aliphatic carbocycles. The van der Waals surface area contributed by atoms with Gasteiger partial charge in [0.2, 0.25) is 11.8 Å². The first-order chi connectivity index (χ1) is 29.4. The quantitative estimate of drug-likeness (QED) is 0.227. The first-order valence-corrected chi connectivity index (χ1v) is 18.1. The fourth-order valence-corrected chi connectivity index (χ4v) is 6.35. The summed E-state index contributed by atoms with van der Waals surface area (Å²) in [6.07, 6.45) is 4.96. The topological polar surface area (TPSA) is 221 Å². The Bertz CT molecular complexity index is 2570. The molecule has 0 spiro atoms. The Hall–Kier alpha value is -7.50. The first-order valence-electron chi connectivity index (χ1n) is 19.6. The molecule has 4 aromatic heterocycles. The zero-order valence-electron chi connectivity index (χ0n) is 33.8. The van der Waals surface area contributed by atoms with Crippen LogP contribution >= 0.6 is 0 Å². The summed E-state index contributed by atoms with van der Waals surface area (Å²) in [5.74, 6) is -1.72. The van der Waals surface area contributed by atoms with Gasteiger partial charge in [-0.1, -0.05) is 60.7 Å². The van der Waals surface area contributed by atoms with Gasteiger partial charge in [-0.05, 0) is 48.2 Å². The van der Waals surface area contributed by atoms with Crippen LogP contribution in [0.15, 0.2) is 106 Å². The van der Waals surface area contributed by atoms with Crippen molar-refractivity contribution in [2.24, 2.45) is 0 Å². The highest BCUT2D eigenvalue weighted by atomic mass is 16.5. The Morgan fingerprint density at radius 2 is 1.28 bits per heavy atom. The van der Waals surface area contributed by atoms with Crippen LogP contribution in [0.3, 0.4) is 0 Å². The number of aromatic nitrogens is 6. The second-order valence-electron chi connectivity index (χ2n) is 13.4. The molecule has 0 bridgehead atoms. The number of likely N-dealkylation sites (N-methyl/N-ethyl adjacent to an activating group) is 2. The monoisotopic (exact) mass is 787 g/mol. The van der Waals surface area contributed by atoms with E-state index in [9.17, 15) is 19.2 Å². The zero-order chi connectivity index (χ0) is 42.7. The maximum atomic E-state index is 13.0. The molecule has 4 amide bonds. The van der Waals surface area contributed by atoms with Crippen molar-refractivity contribution in [1.29, 1.82) is 0 Å². The second-order valence-corrected chi connectivity index (χ2v) is 13.4. The van der Waals surface area contributed by atoms with Gasteiger partial charge in [-0.15, -0.1) is 20.4 Å². The van der Waals surface area contributed by atoms with E-state index in [4.69, 9.17) is 22.4 Å². The average Bonchev–Trinajstić information content (AvgIpc) is 3.76. The highest BCUT2D eigenvalue weighted by molar-refractivity contribution is 6.02. The number of amides is 4. The minimum Gasteiger partial charge on any atom is -0.487 e. The van der Waals surface area contributed by atoms with E-state index in [1.807, 2.05) is 60.7 Å². The standard InChI is InChI=1S/C21H19N5O4.C19H17N5O4/c1-26-16-15(8-5-11-22-16)29-12-14(19(26)28)23-17(27)18-24-25-20(30-18)21(9-10-21)13-6-3-2-4-7-13;1-24-16-14(8-5-9-20-16)27-11-13(19(24)26)21-17(25)18-23-22-15(28-18)10-12-6-3-2-4-7-12/h2-8,11,14H,9-10,12H2,1H3,(H,23,27);2-9,13H,10-11H2,1H3,(H,21,25)/t14-;13-/m00/s1/i1D3;. The molecule has 2 aromatic carbocycles. The van der Waals surface area contributed by atoms with Crippen LogP contribution in [0.1, 0.15) is 61.2 Å². The molecule has 58 heavy (non-hydrogen) atoms. The van der Waals surface area contributed by atoms with E-state index in [1.54, 1.807) is 31.4 Å². The largest absolute Gasteiger partial charge is 0.487 e. The Morgan fingerprint density at radius 3 is 1.88 bits per heavy atom. The lowest BCUT2D eigenvalue weighted by atomic mass is 9.96. The van der Waals surface area contributed by atoms with Crippen LogP contribution in [-0.2, 0) is 21.4 Å². The molecule has 294 valence electrons. The van der Waals surface area contributed by atoms with E-state index >= 15 is 0 Å². The molecule has 6 heterocycles. The molecule has 3 aliphatic rings. The Morgan fingerprint density at radius 1 is 0.724 bits per heavy atom. The summed E-state index contributed by atoms with van der Waals surface area (Å²) < 4.78 is 45.6. The van der Waals surface area contributed by atoms with Gasteiger partial charge in [0.25, 0.3) is 11.8 Å². The van der Waals surface area contributed by atoms with Crippen LogP contribution < -0.4 is 29.9 Å². The lowest BCUT2D eigenvalue weighted by Gasteiger charge is -2.18. The van der Waals surface area contributed by atoms with Crippen molar-refractivity contribution < 1.29 is 41.6 Å². The van der Waals surface area contributed by atoms with Crippen LogP contribution in [0.5, 0.6) is 11.5 Å². The molecule has 2 atom stereocenters. The van der Waals surface area contributed by atoms with Crippen LogP contribution in [0.4, 0.5) is 11.6 Å². The van der Waals surface area contributed by atoms with Crippen LogP contribution in [0.2, 0.25) is 0 Å². The molecule has 1 fully saturated rings. The molecule has 1 saturated carbocycles. The third-order valence-corrected chi connectivity index (χ3v) is 9.56. The molecule has 6 aromatic rings. The fraction of sp³-hybridized carbons (Fsp3) is 0.250. The fourth-order valence-electron chi connectivity index (χ4n) is 6.35. The summed E-state index contributed by atoms with van der Waals surface area (Å²) >= 11 is 0. The van der Waals surface area contributed by atoms with E-state index < -0.39 is 42.2 Å². The van der Waals surface area contributed by atoms with Crippen LogP contribution in [0, 0.1) is 0 Å². The van der Waals surface area contributed by atoms with Gasteiger partial charge < -0.3 is 28.9 Å². The number of anilines is 2. The number of carbonyl (C=O) groups excluding carboxylic acids is 4. The summed E-state index contributed by atoms with van der Waals surface area (Å²) in [5.41, 5.74) is 1.59. The summed E-state index contributed by atoms with van der Waals surface area (Å²) in [7, 11) is 1.58. The number of hydrogen-bond acceptors (Lipinski definition) is 14. The van der Waals surface area contributed by atoms with E-state index in [1.165, 1.54) is 17.2 Å². The number of fused-ring (bicyclic) bond motifs is 2. The van der Waals surface area contributed by atoms with Gasteiger partial charge in [0.15, 0.2) is 23.1 Å². The van der Waals surface area contributed by atoms with E-state index in [2.05, 4.69) is 41.0 Å². The van der Waals surface area contributed by atoms with E-state index in [-0.39, 0.29) is 42.5 Å². The van der Waals surface area contributed by atoms with Crippen molar-refractivity contribution in [3.63, 3.8) is 0 Å². The van der Waals surface area contributed by atoms with Gasteiger partial charge in [-0.25, -0.2) is 9.97 Å². The predicted molar refractivity (Wildman–Crippen MR) is 203 cm³/mol. The van der Waals surface area contributed by atoms with Crippen molar-refractivity contribution in [2.75, 3.05) is 37.0 Å². The van der Waals surface area contributed by atoms with E-state index in [0.29, 0.717) is 34.7 Å². The maximum absolute atomic E-state index is 13.0. The average molecular weight is 788 g/mol. The SMILES string of the molecule is CN1C(=O)[C@@H](NC(=O)c2nnc(Cc3ccccc3)o2)COc2cccnc21.[2H]C([2H])([2H])N1C(=O)[C@@H](NC(=O)c2nnc(C3(c4ccccc4)CC3)o2)COc2cccnc21. The molecule has 2 aliphatic heterocycles. The number of nitrogens with one attached hydrogen (secondary N) is 2. The number of rotatable bonds is 8. The second kappa shape index (κ2) is 15.9. The smallest absolute Gasteiger partial charge is 0.309 e. The minimum atomic E-state index is -2.83. The number of benzene rings is 2. The normalized spacial score (nSPS) is 18.8.